The van der Waals surface area contributed by atoms with Crippen molar-refractivity contribution >= 4 is 0 Å². The van der Waals surface area contributed by atoms with Crippen molar-refractivity contribution in [2.75, 3.05) is 6.61 Å². The van der Waals surface area contributed by atoms with Crippen LogP contribution in [0.3, 0.4) is 0 Å². The minimum absolute atomic E-state index is 0.144. The first-order valence-corrected chi connectivity index (χ1v) is 2.87. The molecule has 1 N–H and O–H groups in total. The molecular weight excluding hydrogens is 121 g/mol. The second-order valence-electron chi connectivity index (χ2n) is 2.53. The molecule has 2 unspecified atom stereocenters. The first kappa shape index (κ1) is 6.50. The van der Waals surface area contributed by atoms with Gasteiger partial charge in [0.2, 0.25) is 0 Å². The fraction of sp³-hybridized carbons (Fsp3) is 0.833. The van der Waals surface area contributed by atoms with E-state index >= 15 is 0 Å². The van der Waals surface area contributed by atoms with Crippen molar-refractivity contribution in [3.63, 3.8) is 0 Å². The first-order valence-electron chi connectivity index (χ1n) is 2.87. The zero-order valence-corrected chi connectivity index (χ0v) is 4.97. The predicted molar refractivity (Wildman–Crippen MR) is 29.3 cm³/mol. The maximum absolute atomic E-state index is 12.3. The second-order valence-corrected chi connectivity index (χ2v) is 2.53. The largest absolute Gasteiger partial charge is 0.396 e. The van der Waals surface area contributed by atoms with E-state index in [0.717, 1.165) is 0 Å². The third kappa shape index (κ3) is 0.903. The Labute approximate surface area is 52.9 Å². The Morgan fingerprint density at radius 2 is 2.44 bits per heavy atom. The molecule has 0 radical (unpaired) electrons. The molecule has 0 saturated heterocycles. The second kappa shape index (κ2) is 1.96. The SMILES string of the molecule is N#CCC1(CO)CC1F. The van der Waals surface area contributed by atoms with Gasteiger partial charge in [0, 0.05) is 11.8 Å². The van der Waals surface area contributed by atoms with Crippen molar-refractivity contribution in [3.8, 4) is 6.07 Å². The van der Waals surface area contributed by atoms with Crippen LogP contribution in [0.25, 0.3) is 0 Å². The molecule has 1 aliphatic rings. The Hall–Kier alpha value is -0.620. The molecule has 2 atom stereocenters. The molecule has 1 aliphatic carbocycles. The lowest BCUT2D eigenvalue weighted by atomic mass is 10.1. The number of rotatable bonds is 2. The number of nitrogens with zero attached hydrogens (tertiary/aromatic N) is 1. The molecule has 1 rings (SSSR count). The van der Waals surface area contributed by atoms with Gasteiger partial charge in [0.25, 0.3) is 0 Å². The summed E-state index contributed by atoms with van der Waals surface area (Å²) in [5.74, 6) is 0. The third-order valence-corrected chi connectivity index (χ3v) is 1.84. The summed E-state index contributed by atoms with van der Waals surface area (Å²) in [5.41, 5.74) is -0.672. The van der Waals surface area contributed by atoms with Gasteiger partial charge in [-0.3, -0.25) is 0 Å². The Balaban J connectivity index is 2.44. The number of hydrogen-bond acceptors (Lipinski definition) is 2. The smallest absolute Gasteiger partial charge is 0.110 e. The Morgan fingerprint density at radius 3 is 2.56 bits per heavy atom. The number of halogens is 1. The van der Waals surface area contributed by atoms with Crippen molar-refractivity contribution < 1.29 is 9.50 Å². The van der Waals surface area contributed by atoms with Crippen molar-refractivity contribution in [3.05, 3.63) is 0 Å². The summed E-state index contributed by atoms with van der Waals surface area (Å²) in [7, 11) is 0. The average Bonchev–Trinajstić information content (AvgIpc) is 2.45. The van der Waals surface area contributed by atoms with Crippen LogP contribution in [0, 0.1) is 16.7 Å². The van der Waals surface area contributed by atoms with E-state index in [1.54, 1.807) is 0 Å². The Bertz CT molecular complexity index is 150. The summed E-state index contributed by atoms with van der Waals surface area (Å²) in [6, 6.07) is 1.85. The van der Waals surface area contributed by atoms with Crippen LogP contribution in [0.1, 0.15) is 12.8 Å². The molecule has 0 aromatic carbocycles. The summed E-state index contributed by atoms with van der Waals surface area (Å²) in [6.45, 7) is -0.193. The van der Waals surface area contributed by atoms with E-state index in [1.165, 1.54) is 0 Å². The fourth-order valence-electron chi connectivity index (χ4n) is 0.858. The van der Waals surface area contributed by atoms with E-state index in [0.29, 0.717) is 6.42 Å². The lowest BCUT2D eigenvalue weighted by Gasteiger charge is -2.02. The zero-order chi connectivity index (χ0) is 6.91. The van der Waals surface area contributed by atoms with Gasteiger partial charge in [-0.05, 0) is 6.42 Å². The number of aliphatic hydroxyl groups excluding tert-OH is 1. The number of aliphatic hydroxyl groups is 1. The van der Waals surface area contributed by atoms with Crippen LogP contribution < -0.4 is 0 Å². The van der Waals surface area contributed by atoms with E-state index in [1.807, 2.05) is 6.07 Å². The van der Waals surface area contributed by atoms with Gasteiger partial charge in [0.1, 0.15) is 6.17 Å². The molecular formula is C6H8FNO. The molecule has 0 aromatic heterocycles. The van der Waals surface area contributed by atoms with Gasteiger partial charge in [-0.1, -0.05) is 0 Å². The van der Waals surface area contributed by atoms with Gasteiger partial charge in [-0.25, -0.2) is 4.39 Å². The van der Waals surface area contributed by atoms with E-state index in [4.69, 9.17) is 10.4 Å². The molecule has 50 valence electrons. The molecule has 0 bridgehead atoms. The highest BCUT2D eigenvalue weighted by atomic mass is 19.1. The summed E-state index contributed by atoms with van der Waals surface area (Å²) in [6.07, 6.45) is -0.441. The van der Waals surface area contributed by atoms with E-state index < -0.39 is 11.6 Å². The Morgan fingerprint density at radius 1 is 1.89 bits per heavy atom. The summed E-state index contributed by atoms with van der Waals surface area (Å²) in [4.78, 5) is 0. The number of hydrogen-bond donors (Lipinski definition) is 1. The minimum Gasteiger partial charge on any atom is -0.396 e. The molecule has 9 heavy (non-hydrogen) atoms. The van der Waals surface area contributed by atoms with Gasteiger partial charge < -0.3 is 5.11 Å². The maximum Gasteiger partial charge on any atom is 0.110 e. The molecule has 0 amide bonds. The number of alkyl halides is 1. The zero-order valence-electron chi connectivity index (χ0n) is 4.97. The van der Waals surface area contributed by atoms with Gasteiger partial charge in [0.15, 0.2) is 0 Å². The molecule has 0 spiro atoms. The topological polar surface area (TPSA) is 44.0 Å². The highest BCUT2D eigenvalue weighted by Gasteiger charge is 2.54. The van der Waals surface area contributed by atoms with Crippen molar-refractivity contribution in [2.24, 2.45) is 5.41 Å². The summed E-state index contributed by atoms with van der Waals surface area (Å²) < 4.78 is 12.3. The molecule has 2 nitrogen and oxygen atoms in total. The van der Waals surface area contributed by atoms with Crippen LogP contribution in [-0.4, -0.2) is 17.9 Å². The predicted octanol–water partition coefficient (Wildman–Crippen LogP) is 0.621. The van der Waals surface area contributed by atoms with Crippen LogP contribution in [0.15, 0.2) is 0 Å². The van der Waals surface area contributed by atoms with Crippen LogP contribution >= 0.6 is 0 Å². The first-order chi connectivity index (χ1) is 4.25. The highest BCUT2D eigenvalue weighted by Crippen LogP contribution is 2.50. The lowest BCUT2D eigenvalue weighted by molar-refractivity contribution is 0.188. The minimum atomic E-state index is -0.942. The molecule has 0 heterocycles. The quantitative estimate of drug-likeness (QED) is 0.594. The molecule has 0 aliphatic heterocycles. The Kier molecular flexibility index (Phi) is 1.42. The molecule has 1 fully saturated rings. The molecule has 0 aromatic rings. The van der Waals surface area contributed by atoms with Crippen LogP contribution in [0.4, 0.5) is 4.39 Å². The van der Waals surface area contributed by atoms with Crippen molar-refractivity contribution in [1.29, 1.82) is 5.26 Å². The van der Waals surface area contributed by atoms with Crippen LogP contribution in [-0.2, 0) is 0 Å². The number of nitriles is 1. The van der Waals surface area contributed by atoms with Crippen LogP contribution in [0.2, 0.25) is 0 Å². The van der Waals surface area contributed by atoms with E-state index in [-0.39, 0.29) is 13.0 Å². The standard InChI is InChI=1S/C6H8FNO/c7-5-3-6(5,4-9)1-2-8/h5,9H,1,3-4H2. The van der Waals surface area contributed by atoms with E-state index in [2.05, 4.69) is 0 Å². The summed E-state index contributed by atoms with van der Waals surface area (Å²) in [5, 5.41) is 16.7. The van der Waals surface area contributed by atoms with Gasteiger partial charge >= 0.3 is 0 Å². The average molecular weight is 129 g/mol. The fourth-order valence-corrected chi connectivity index (χ4v) is 0.858. The third-order valence-electron chi connectivity index (χ3n) is 1.84. The van der Waals surface area contributed by atoms with Crippen molar-refractivity contribution in [2.45, 2.75) is 19.0 Å². The summed E-state index contributed by atoms with van der Waals surface area (Å²) >= 11 is 0. The maximum atomic E-state index is 12.3. The van der Waals surface area contributed by atoms with Gasteiger partial charge in [-0.2, -0.15) is 5.26 Å². The van der Waals surface area contributed by atoms with E-state index in [9.17, 15) is 4.39 Å². The van der Waals surface area contributed by atoms with Gasteiger partial charge in [-0.15, -0.1) is 0 Å². The van der Waals surface area contributed by atoms with Crippen molar-refractivity contribution in [1.82, 2.24) is 0 Å². The lowest BCUT2D eigenvalue weighted by Crippen LogP contribution is -2.08. The molecule has 3 heteroatoms. The monoisotopic (exact) mass is 129 g/mol. The van der Waals surface area contributed by atoms with Gasteiger partial charge in [0.05, 0.1) is 12.7 Å². The highest BCUT2D eigenvalue weighted by molar-refractivity contribution is 5.07. The molecule has 1 saturated carbocycles. The normalized spacial score (nSPS) is 39.9. The van der Waals surface area contributed by atoms with Crippen LogP contribution in [0.5, 0.6) is 0 Å².